The van der Waals surface area contributed by atoms with E-state index >= 15 is 0 Å². The monoisotopic (exact) mass is 260 g/mol. The average Bonchev–Trinajstić information content (AvgIpc) is 2.40. The van der Waals surface area contributed by atoms with Crippen molar-refractivity contribution in [2.45, 2.75) is 18.9 Å². The first-order valence-electron chi connectivity index (χ1n) is 6.03. The number of nitrogens with zero attached hydrogens (tertiary/aromatic N) is 1. The minimum atomic E-state index is -0.272. The van der Waals surface area contributed by atoms with Crippen LogP contribution in [0.25, 0.3) is 5.57 Å². The number of allylic oxidation sites excluding steroid dienone is 2. The smallest absolute Gasteiger partial charge is 0.123 e. The summed E-state index contributed by atoms with van der Waals surface area (Å²) in [5.74, 6) is 0.0420. The van der Waals surface area contributed by atoms with Gasteiger partial charge in [0.15, 0.2) is 0 Å². The van der Waals surface area contributed by atoms with E-state index in [4.69, 9.17) is 12.2 Å². The number of fused-ring (bicyclic) bond motifs is 1. The molecule has 1 aliphatic heterocycles. The number of hydrogen-bond donors (Lipinski definition) is 1. The van der Waals surface area contributed by atoms with E-state index in [1.807, 2.05) is 12.1 Å². The van der Waals surface area contributed by atoms with Crippen molar-refractivity contribution in [1.82, 2.24) is 10.3 Å². The largest absolute Gasteiger partial charge is 0.370 e. The first kappa shape index (κ1) is 11.5. The second-order valence-corrected chi connectivity index (χ2v) is 5.13. The highest BCUT2D eigenvalue weighted by Gasteiger charge is 2.32. The molecule has 2 atom stereocenters. The summed E-state index contributed by atoms with van der Waals surface area (Å²) in [5, 5.41) is 3.07. The molecule has 0 saturated carbocycles. The van der Waals surface area contributed by atoms with Gasteiger partial charge in [0.2, 0.25) is 0 Å². The Morgan fingerprint density at radius 3 is 3.11 bits per heavy atom. The zero-order valence-corrected chi connectivity index (χ0v) is 10.6. The maximum atomic E-state index is 14.1. The van der Waals surface area contributed by atoms with Crippen molar-refractivity contribution in [3.05, 3.63) is 48.1 Å². The molecule has 0 bridgehead atoms. The van der Waals surface area contributed by atoms with Crippen LogP contribution in [0.3, 0.4) is 0 Å². The zero-order valence-electron chi connectivity index (χ0n) is 9.77. The molecular weight excluding hydrogens is 247 g/mol. The molecular formula is C14H13FN2S. The van der Waals surface area contributed by atoms with E-state index in [-0.39, 0.29) is 17.8 Å². The molecule has 4 heteroatoms. The molecule has 0 radical (unpaired) electrons. The van der Waals surface area contributed by atoms with Gasteiger partial charge in [0.25, 0.3) is 0 Å². The molecule has 1 N–H and O–H groups in total. The average molecular weight is 260 g/mol. The van der Waals surface area contributed by atoms with Gasteiger partial charge in [0, 0.05) is 18.3 Å². The van der Waals surface area contributed by atoms with Gasteiger partial charge in [-0.15, -0.1) is 0 Å². The van der Waals surface area contributed by atoms with Gasteiger partial charge in [-0.1, -0.05) is 24.4 Å². The van der Waals surface area contributed by atoms with E-state index in [2.05, 4.69) is 16.4 Å². The first-order valence-corrected chi connectivity index (χ1v) is 6.43. The van der Waals surface area contributed by atoms with Crippen LogP contribution in [0.5, 0.6) is 0 Å². The number of aromatic nitrogens is 1. The van der Waals surface area contributed by atoms with E-state index < -0.39 is 0 Å². The van der Waals surface area contributed by atoms with Crippen molar-refractivity contribution in [3.8, 4) is 0 Å². The summed E-state index contributed by atoms with van der Waals surface area (Å²) in [4.78, 5) is 4.83. The van der Waals surface area contributed by atoms with Crippen LogP contribution in [-0.4, -0.2) is 16.0 Å². The SMILES string of the molecule is FC1=CC(c2cccnc2)=CC2CCC(=S)NC12. The van der Waals surface area contributed by atoms with Crippen LogP contribution in [0.1, 0.15) is 18.4 Å². The Morgan fingerprint density at radius 1 is 1.44 bits per heavy atom. The highest BCUT2D eigenvalue weighted by molar-refractivity contribution is 7.80. The predicted octanol–water partition coefficient (Wildman–Crippen LogP) is 3.03. The van der Waals surface area contributed by atoms with Crippen LogP contribution in [-0.2, 0) is 0 Å². The molecule has 0 spiro atoms. The van der Waals surface area contributed by atoms with E-state index in [1.165, 1.54) is 0 Å². The molecule has 92 valence electrons. The summed E-state index contributed by atoms with van der Waals surface area (Å²) in [6.45, 7) is 0. The van der Waals surface area contributed by atoms with Gasteiger partial charge in [-0.05, 0) is 36.1 Å². The molecule has 1 saturated heterocycles. The lowest BCUT2D eigenvalue weighted by molar-refractivity contribution is 0.390. The number of nitrogens with one attached hydrogen (secondary N) is 1. The van der Waals surface area contributed by atoms with Crippen LogP contribution < -0.4 is 5.32 Å². The lowest BCUT2D eigenvalue weighted by atomic mass is 9.83. The van der Waals surface area contributed by atoms with E-state index in [0.717, 1.165) is 29.0 Å². The second-order valence-electron chi connectivity index (χ2n) is 4.64. The number of pyridine rings is 1. The third kappa shape index (κ3) is 2.08. The highest BCUT2D eigenvalue weighted by atomic mass is 32.1. The predicted molar refractivity (Wildman–Crippen MR) is 73.7 cm³/mol. The lowest BCUT2D eigenvalue weighted by Gasteiger charge is -2.33. The fraction of sp³-hybridized carbons (Fsp3) is 0.286. The normalized spacial score (nSPS) is 26.8. The Bertz CT molecular complexity index is 536. The van der Waals surface area contributed by atoms with Crippen LogP contribution in [0.15, 0.2) is 42.5 Å². The highest BCUT2D eigenvalue weighted by Crippen LogP contribution is 2.34. The summed E-state index contributed by atoms with van der Waals surface area (Å²) >= 11 is 5.11. The van der Waals surface area contributed by atoms with Crippen molar-refractivity contribution >= 4 is 22.8 Å². The maximum Gasteiger partial charge on any atom is 0.123 e. The van der Waals surface area contributed by atoms with Crippen LogP contribution in [0.4, 0.5) is 4.39 Å². The van der Waals surface area contributed by atoms with Crippen LogP contribution in [0, 0.1) is 5.92 Å². The lowest BCUT2D eigenvalue weighted by Crippen LogP contribution is -2.44. The maximum absolute atomic E-state index is 14.1. The topological polar surface area (TPSA) is 24.9 Å². The Balaban J connectivity index is 1.93. The Morgan fingerprint density at radius 2 is 2.33 bits per heavy atom. The molecule has 1 fully saturated rings. The number of thiocarbonyl (C=S) groups is 1. The summed E-state index contributed by atoms with van der Waals surface area (Å²) in [5.41, 5.74) is 1.87. The summed E-state index contributed by atoms with van der Waals surface area (Å²) in [6.07, 6.45) is 8.92. The van der Waals surface area contributed by atoms with Crippen LogP contribution in [0.2, 0.25) is 0 Å². The first-order chi connectivity index (χ1) is 8.74. The van der Waals surface area contributed by atoms with Crippen molar-refractivity contribution in [3.63, 3.8) is 0 Å². The van der Waals surface area contributed by atoms with Crippen LogP contribution >= 0.6 is 12.2 Å². The Labute approximate surface area is 111 Å². The third-order valence-corrected chi connectivity index (χ3v) is 3.75. The van der Waals surface area contributed by atoms with E-state index in [0.29, 0.717) is 0 Å². The molecule has 1 aromatic heterocycles. The number of halogens is 1. The molecule has 2 heterocycles. The molecule has 2 unspecified atom stereocenters. The molecule has 1 aromatic rings. The number of piperidine rings is 1. The van der Waals surface area contributed by atoms with Gasteiger partial charge in [-0.3, -0.25) is 4.98 Å². The fourth-order valence-corrected chi connectivity index (χ4v) is 2.75. The standard InChI is InChI=1S/C14H13FN2S/c15-12-7-11(10-2-1-5-16-8-10)6-9-3-4-13(18)17-14(9)12/h1-2,5-9,14H,3-4H2,(H,17,18). The van der Waals surface area contributed by atoms with Crippen molar-refractivity contribution in [1.29, 1.82) is 0 Å². The van der Waals surface area contributed by atoms with E-state index in [1.54, 1.807) is 18.5 Å². The molecule has 18 heavy (non-hydrogen) atoms. The van der Waals surface area contributed by atoms with Gasteiger partial charge >= 0.3 is 0 Å². The van der Waals surface area contributed by atoms with Gasteiger partial charge in [-0.25, -0.2) is 4.39 Å². The molecule has 2 aliphatic rings. The minimum Gasteiger partial charge on any atom is -0.370 e. The summed E-state index contributed by atoms with van der Waals surface area (Å²) < 4.78 is 14.1. The molecule has 2 nitrogen and oxygen atoms in total. The van der Waals surface area contributed by atoms with Gasteiger partial charge in [-0.2, -0.15) is 0 Å². The van der Waals surface area contributed by atoms with E-state index in [9.17, 15) is 4.39 Å². The van der Waals surface area contributed by atoms with Crippen molar-refractivity contribution < 1.29 is 4.39 Å². The minimum absolute atomic E-state index is 0.136. The van der Waals surface area contributed by atoms with Gasteiger partial charge in [0.1, 0.15) is 5.83 Å². The van der Waals surface area contributed by atoms with Crippen molar-refractivity contribution in [2.75, 3.05) is 0 Å². The number of hydrogen-bond acceptors (Lipinski definition) is 2. The Hall–Kier alpha value is -1.55. The Kier molecular flexibility index (Phi) is 2.96. The van der Waals surface area contributed by atoms with Gasteiger partial charge < -0.3 is 5.32 Å². The molecule has 0 amide bonds. The fourth-order valence-electron chi connectivity index (χ4n) is 2.50. The second kappa shape index (κ2) is 4.61. The molecule has 0 aromatic carbocycles. The van der Waals surface area contributed by atoms with Gasteiger partial charge in [0.05, 0.1) is 11.0 Å². The number of rotatable bonds is 1. The molecule has 3 rings (SSSR count). The third-order valence-electron chi connectivity index (χ3n) is 3.43. The zero-order chi connectivity index (χ0) is 12.5. The van der Waals surface area contributed by atoms with Crippen molar-refractivity contribution in [2.24, 2.45) is 5.92 Å². The summed E-state index contributed by atoms with van der Waals surface area (Å²) in [6, 6.07) is 3.54. The summed E-state index contributed by atoms with van der Waals surface area (Å²) in [7, 11) is 0. The molecule has 1 aliphatic carbocycles. The quantitative estimate of drug-likeness (QED) is 0.786.